The van der Waals surface area contributed by atoms with Crippen molar-refractivity contribution in [2.45, 2.75) is 0 Å². The maximum Gasteiger partial charge on any atom is 0.160 e. The molecule has 59 heavy (non-hydrogen) atoms. The lowest BCUT2D eigenvalue weighted by molar-refractivity contribution is 1.13. The van der Waals surface area contributed by atoms with E-state index in [1.54, 1.807) is 0 Å². The van der Waals surface area contributed by atoms with Gasteiger partial charge in [0.2, 0.25) is 0 Å². The molecule has 0 fully saturated rings. The maximum atomic E-state index is 5.20. The predicted octanol–water partition coefficient (Wildman–Crippen LogP) is 13.6. The molecular weight excluding hydrogens is 719 g/mol. The Hall–Kier alpha value is -8.02. The SMILES string of the molecule is c1ccc(-c2cc(-c3ccccc3)nc(-c3cccc(-n4c5cc6ccn(-c7ccccc7)c6cc5c5cc6c7ccccc7n(-c7ccccc7)c6cc54)c3)n2)cc1. The summed E-state index contributed by atoms with van der Waals surface area (Å²) in [5, 5.41) is 6.03. The normalized spacial score (nSPS) is 11.7. The van der Waals surface area contributed by atoms with Crippen LogP contribution in [0.25, 0.3) is 105 Å². The van der Waals surface area contributed by atoms with Crippen LogP contribution in [0.15, 0.2) is 212 Å². The van der Waals surface area contributed by atoms with E-state index in [1.165, 1.54) is 38.0 Å². The largest absolute Gasteiger partial charge is 0.317 e. The van der Waals surface area contributed by atoms with Crippen molar-refractivity contribution in [3.63, 3.8) is 0 Å². The van der Waals surface area contributed by atoms with Gasteiger partial charge in [-0.3, -0.25) is 0 Å². The number of nitrogens with zero attached hydrogens (tertiary/aromatic N) is 5. The smallest absolute Gasteiger partial charge is 0.160 e. The summed E-state index contributed by atoms with van der Waals surface area (Å²) in [6, 6.07) is 73.3. The molecule has 0 atom stereocenters. The standard InChI is InChI=1S/C54H35N5/c1-5-16-36(17-6-1)47-34-48(37-18-7-2-8-19-37)56-54(55-47)39-20-15-25-42(30-39)59-51-31-38-28-29-57(40-21-9-3-10-22-40)50(38)33-46(51)45-32-44-43-26-13-14-27-49(43)58(52(44)35-53(45)59)41-23-11-4-12-24-41/h1-35H. The third kappa shape index (κ3) is 5.40. The highest BCUT2D eigenvalue weighted by molar-refractivity contribution is 6.20. The van der Waals surface area contributed by atoms with Gasteiger partial charge in [0.1, 0.15) is 0 Å². The average molecular weight is 754 g/mol. The minimum absolute atomic E-state index is 0.682. The lowest BCUT2D eigenvalue weighted by Gasteiger charge is -2.13. The van der Waals surface area contributed by atoms with Crippen molar-refractivity contribution in [2.24, 2.45) is 0 Å². The predicted molar refractivity (Wildman–Crippen MR) is 244 cm³/mol. The van der Waals surface area contributed by atoms with Gasteiger partial charge in [-0.2, -0.15) is 0 Å². The van der Waals surface area contributed by atoms with Crippen LogP contribution in [0.5, 0.6) is 0 Å². The fraction of sp³-hybridized carbons (Fsp3) is 0. The third-order valence-corrected chi connectivity index (χ3v) is 11.6. The maximum absolute atomic E-state index is 5.20. The molecule has 12 aromatic rings. The van der Waals surface area contributed by atoms with E-state index in [9.17, 15) is 0 Å². The fourth-order valence-electron chi connectivity index (χ4n) is 8.93. The molecule has 0 saturated carbocycles. The van der Waals surface area contributed by atoms with Gasteiger partial charge in [0.15, 0.2) is 5.82 Å². The second kappa shape index (κ2) is 13.3. The average Bonchev–Trinajstić information content (AvgIpc) is 3.98. The fourth-order valence-corrected chi connectivity index (χ4v) is 8.93. The molecule has 0 aliphatic heterocycles. The zero-order valence-corrected chi connectivity index (χ0v) is 31.9. The van der Waals surface area contributed by atoms with Gasteiger partial charge < -0.3 is 13.7 Å². The highest BCUT2D eigenvalue weighted by Crippen LogP contribution is 2.41. The van der Waals surface area contributed by atoms with Crippen LogP contribution >= 0.6 is 0 Å². The Morgan fingerprint density at radius 1 is 0.305 bits per heavy atom. The van der Waals surface area contributed by atoms with E-state index in [4.69, 9.17) is 9.97 Å². The molecule has 8 aromatic carbocycles. The molecule has 0 N–H and O–H groups in total. The Morgan fingerprint density at radius 3 is 1.53 bits per heavy atom. The molecular formula is C54H35N5. The molecule has 0 unspecified atom stereocenters. The summed E-state index contributed by atoms with van der Waals surface area (Å²) in [7, 11) is 0. The molecule has 0 aliphatic rings. The quantitative estimate of drug-likeness (QED) is 0.170. The summed E-state index contributed by atoms with van der Waals surface area (Å²) < 4.78 is 7.12. The Labute approximate surface area is 340 Å². The first-order chi connectivity index (χ1) is 29.2. The first-order valence-electron chi connectivity index (χ1n) is 20.0. The second-order valence-electron chi connectivity index (χ2n) is 15.1. The Balaban J connectivity index is 1.14. The number of hydrogen-bond donors (Lipinski definition) is 0. The summed E-state index contributed by atoms with van der Waals surface area (Å²) in [4.78, 5) is 10.4. The van der Waals surface area contributed by atoms with Crippen molar-refractivity contribution < 1.29 is 0 Å². The zero-order valence-electron chi connectivity index (χ0n) is 31.9. The number of hydrogen-bond acceptors (Lipinski definition) is 2. The molecule has 0 bridgehead atoms. The second-order valence-corrected chi connectivity index (χ2v) is 15.1. The van der Waals surface area contributed by atoms with Crippen LogP contribution in [0.2, 0.25) is 0 Å². The minimum Gasteiger partial charge on any atom is -0.317 e. The third-order valence-electron chi connectivity index (χ3n) is 11.6. The van der Waals surface area contributed by atoms with Gasteiger partial charge in [0, 0.05) is 66.9 Å². The monoisotopic (exact) mass is 753 g/mol. The molecule has 4 aromatic heterocycles. The number of aromatic nitrogens is 5. The molecule has 0 aliphatic carbocycles. The highest BCUT2D eigenvalue weighted by atomic mass is 15.0. The van der Waals surface area contributed by atoms with E-state index in [0.717, 1.165) is 61.7 Å². The number of benzene rings is 8. The molecule has 0 amide bonds. The molecule has 0 radical (unpaired) electrons. The zero-order chi connectivity index (χ0) is 38.9. The molecule has 12 rings (SSSR count). The Bertz CT molecular complexity index is 3470. The number of rotatable bonds is 6. The summed E-state index contributed by atoms with van der Waals surface area (Å²) in [6.45, 7) is 0. The van der Waals surface area contributed by atoms with Crippen LogP contribution in [0.1, 0.15) is 0 Å². The van der Waals surface area contributed by atoms with E-state index in [-0.39, 0.29) is 0 Å². The summed E-state index contributed by atoms with van der Waals surface area (Å²) in [5.74, 6) is 0.682. The van der Waals surface area contributed by atoms with Gasteiger partial charge in [0.25, 0.3) is 0 Å². The van der Waals surface area contributed by atoms with Crippen LogP contribution in [-0.4, -0.2) is 23.7 Å². The minimum atomic E-state index is 0.682. The van der Waals surface area contributed by atoms with Crippen molar-refractivity contribution in [3.8, 4) is 51.0 Å². The molecule has 5 nitrogen and oxygen atoms in total. The number of para-hydroxylation sites is 3. The molecule has 5 heteroatoms. The van der Waals surface area contributed by atoms with Gasteiger partial charge in [-0.15, -0.1) is 0 Å². The van der Waals surface area contributed by atoms with E-state index >= 15 is 0 Å². The van der Waals surface area contributed by atoms with Crippen LogP contribution < -0.4 is 0 Å². The van der Waals surface area contributed by atoms with Gasteiger partial charge in [-0.1, -0.05) is 127 Å². The van der Waals surface area contributed by atoms with Crippen LogP contribution in [-0.2, 0) is 0 Å². The van der Waals surface area contributed by atoms with E-state index in [2.05, 4.69) is 214 Å². The van der Waals surface area contributed by atoms with Crippen LogP contribution in [0.4, 0.5) is 0 Å². The number of fused-ring (bicyclic) bond motifs is 7. The van der Waals surface area contributed by atoms with Gasteiger partial charge >= 0.3 is 0 Å². The van der Waals surface area contributed by atoms with Gasteiger partial charge in [-0.25, -0.2) is 9.97 Å². The van der Waals surface area contributed by atoms with Crippen molar-refractivity contribution in [1.82, 2.24) is 23.7 Å². The molecule has 0 spiro atoms. The summed E-state index contributed by atoms with van der Waals surface area (Å²) >= 11 is 0. The Morgan fingerprint density at radius 2 is 0.831 bits per heavy atom. The first kappa shape index (κ1) is 33.2. The van der Waals surface area contributed by atoms with Crippen molar-refractivity contribution in [3.05, 3.63) is 212 Å². The van der Waals surface area contributed by atoms with Gasteiger partial charge in [0.05, 0.1) is 39.0 Å². The van der Waals surface area contributed by atoms with Crippen LogP contribution in [0.3, 0.4) is 0 Å². The van der Waals surface area contributed by atoms with Crippen molar-refractivity contribution >= 4 is 54.5 Å². The topological polar surface area (TPSA) is 40.6 Å². The molecule has 276 valence electrons. The van der Waals surface area contributed by atoms with E-state index in [1.807, 2.05) is 12.1 Å². The highest BCUT2D eigenvalue weighted by Gasteiger charge is 2.21. The van der Waals surface area contributed by atoms with Crippen LogP contribution in [0, 0.1) is 0 Å². The lowest BCUT2D eigenvalue weighted by Crippen LogP contribution is -1.98. The van der Waals surface area contributed by atoms with Gasteiger partial charge in [-0.05, 0) is 78.9 Å². The first-order valence-corrected chi connectivity index (χ1v) is 20.0. The summed E-state index contributed by atoms with van der Waals surface area (Å²) in [5.41, 5.74) is 13.9. The van der Waals surface area contributed by atoms with Crippen molar-refractivity contribution in [1.29, 1.82) is 0 Å². The van der Waals surface area contributed by atoms with Crippen molar-refractivity contribution in [2.75, 3.05) is 0 Å². The Kier molecular flexibility index (Phi) is 7.47. The summed E-state index contributed by atoms with van der Waals surface area (Å²) in [6.07, 6.45) is 2.18. The molecule has 4 heterocycles. The lowest BCUT2D eigenvalue weighted by atomic mass is 10.1. The molecule has 0 saturated heterocycles. The van der Waals surface area contributed by atoms with E-state index in [0.29, 0.717) is 5.82 Å². The van der Waals surface area contributed by atoms with E-state index < -0.39 is 0 Å².